The van der Waals surface area contributed by atoms with E-state index in [1.807, 2.05) is 32.3 Å². The number of carbonyl (C=O) groups excluding carboxylic acids is 1. The molecule has 14 heteroatoms. The zero-order valence-electron chi connectivity index (χ0n) is 23.7. The summed E-state index contributed by atoms with van der Waals surface area (Å²) in [6.45, 7) is 9.95. The summed E-state index contributed by atoms with van der Waals surface area (Å²) in [5, 5.41) is 7.90. The summed E-state index contributed by atoms with van der Waals surface area (Å²) in [5.74, 6) is 1.85. The number of alkyl halides is 3. The molecule has 0 fully saturated rings. The van der Waals surface area contributed by atoms with Crippen LogP contribution in [0.3, 0.4) is 0 Å². The summed E-state index contributed by atoms with van der Waals surface area (Å²) in [7, 11) is 0. The van der Waals surface area contributed by atoms with E-state index in [1.165, 1.54) is 6.33 Å². The van der Waals surface area contributed by atoms with Gasteiger partial charge in [0.2, 0.25) is 5.60 Å². The highest BCUT2D eigenvalue weighted by molar-refractivity contribution is 5.86. The van der Waals surface area contributed by atoms with Crippen LogP contribution in [-0.2, 0) is 24.1 Å². The van der Waals surface area contributed by atoms with E-state index in [9.17, 15) is 18.0 Å². The molecule has 0 bridgehead atoms. The first-order valence-corrected chi connectivity index (χ1v) is 13.5. The minimum absolute atomic E-state index is 0.0579. The zero-order chi connectivity index (χ0) is 29.7. The Morgan fingerprint density at radius 2 is 1.88 bits per heavy atom. The fourth-order valence-corrected chi connectivity index (χ4v) is 4.96. The number of halogens is 3. The molecule has 218 valence electrons. The predicted molar refractivity (Wildman–Crippen MR) is 145 cm³/mol. The van der Waals surface area contributed by atoms with Gasteiger partial charge in [0.1, 0.15) is 18.0 Å². The van der Waals surface area contributed by atoms with Gasteiger partial charge in [0.05, 0.1) is 17.0 Å². The third kappa shape index (κ3) is 5.22. The van der Waals surface area contributed by atoms with Crippen LogP contribution in [-0.4, -0.2) is 63.2 Å². The molecule has 11 nitrogen and oxygen atoms in total. The van der Waals surface area contributed by atoms with Gasteiger partial charge < -0.3 is 14.6 Å². The largest absolute Gasteiger partial charge is 0.435 e. The van der Waals surface area contributed by atoms with Gasteiger partial charge in [-0.3, -0.25) is 0 Å². The third-order valence-corrected chi connectivity index (χ3v) is 7.27. The van der Waals surface area contributed by atoms with Crippen molar-refractivity contribution in [2.75, 3.05) is 5.32 Å². The maximum atomic E-state index is 13.4. The molecule has 0 aromatic carbocycles. The number of aromatic nitrogens is 8. The minimum Gasteiger partial charge on any atom is -0.432 e. The molecule has 0 radical (unpaired) electrons. The number of hydrogen-bond donors (Lipinski definition) is 1. The number of rotatable bonds is 6. The molecule has 4 aromatic heterocycles. The molecule has 0 saturated heterocycles. The van der Waals surface area contributed by atoms with Gasteiger partial charge in [0.25, 0.3) is 0 Å². The topological polar surface area (TPSA) is 126 Å². The standard InChI is InChI=1S/C27H32F3N9O2/c1-7-38-23(16-11-31-15(4)32-12-16)36-21-22(33-13-34-24(21)38)35-17-8-9-19-18(10-17)20(14(2)3)37-39(19)25(40)41-26(5,6)27(28,29)30/h11-14,17H,7-10H2,1-6H3,(H,33,34,35). The maximum Gasteiger partial charge on any atom is 0.435 e. The first-order valence-electron chi connectivity index (χ1n) is 13.5. The molecule has 0 aliphatic heterocycles. The van der Waals surface area contributed by atoms with Gasteiger partial charge in [-0.2, -0.15) is 23.0 Å². The van der Waals surface area contributed by atoms with Crippen molar-refractivity contribution in [3.63, 3.8) is 0 Å². The Hall–Kier alpha value is -4.10. The van der Waals surface area contributed by atoms with Crippen molar-refractivity contribution < 1.29 is 22.7 Å². The summed E-state index contributed by atoms with van der Waals surface area (Å²) in [6, 6.07) is -0.0867. The number of nitrogens with one attached hydrogen (secondary N) is 1. The minimum atomic E-state index is -4.72. The van der Waals surface area contributed by atoms with Gasteiger partial charge >= 0.3 is 12.3 Å². The van der Waals surface area contributed by atoms with Crippen LogP contribution < -0.4 is 5.32 Å². The molecule has 41 heavy (non-hydrogen) atoms. The Labute approximate surface area is 234 Å². The van der Waals surface area contributed by atoms with Crippen LogP contribution in [0.4, 0.5) is 23.8 Å². The number of fused-ring (bicyclic) bond motifs is 2. The molecule has 0 saturated carbocycles. The average molecular weight is 572 g/mol. The first-order chi connectivity index (χ1) is 19.3. The Kier molecular flexibility index (Phi) is 7.20. The van der Waals surface area contributed by atoms with Crippen molar-refractivity contribution in [1.82, 2.24) is 39.3 Å². The summed E-state index contributed by atoms with van der Waals surface area (Å²) in [6.07, 6.45) is 0.580. The molecule has 1 unspecified atom stereocenters. The Morgan fingerprint density at radius 1 is 1.17 bits per heavy atom. The third-order valence-electron chi connectivity index (χ3n) is 7.27. The number of anilines is 1. The lowest BCUT2D eigenvalue weighted by Gasteiger charge is -2.28. The highest BCUT2D eigenvalue weighted by Crippen LogP contribution is 2.35. The Morgan fingerprint density at radius 3 is 2.51 bits per heavy atom. The van der Waals surface area contributed by atoms with Crippen LogP contribution in [0.15, 0.2) is 18.7 Å². The van der Waals surface area contributed by atoms with Crippen molar-refractivity contribution in [2.24, 2.45) is 0 Å². The molecule has 5 rings (SSSR count). The maximum absolute atomic E-state index is 13.4. The van der Waals surface area contributed by atoms with E-state index in [-0.39, 0.29) is 12.0 Å². The number of carbonyl (C=O) groups is 1. The second-order valence-corrected chi connectivity index (χ2v) is 10.9. The van der Waals surface area contributed by atoms with Gasteiger partial charge in [-0.25, -0.2) is 29.7 Å². The van der Waals surface area contributed by atoms with Gasteiger partial charge in [0.15, 0.2) is 17.0 Å². The van der Waals surface area contributed by atoms with Crippen molar-refractivity contribution in [3.8, 4) is 11.4 Å². The van der Waals surface area contributed by atoms with E-state index in [2.05, 4.69) is 30.4 Å². The summed E-state index contributed by atoms with van der Waals surface area (Å²) < 4.78 is 48.0. The van der Waals surface area contributed by atoms with Crippen LogP contribution in [0.5, 0.6) is 0 Å². The second kappa shape index (κ2) is 10.4. The molecule has 0 amide bonds. The van der Waals surface area contributed by atoms with Crippen molar-refractivity contribution in [2.45, 2.75) is 91.1 Å². The molecule has 0 spiro atoms. The zero-order valence-corrected chi connectivity index (χ0v) is 23.7. The highest BCUT2D eigenvalue weighted by atomic mass is 19.4. The van der Waals surface area contributed by atoms with Crippen molar-refractivity contribution in [3.05, 3.63) is 41.5 Å². The molecule has 1 atom stereocenters. The van der Waals surface area contributed by atoms with Crippen LogP contribution in [0.1, 0.15) is 69.7 Å². The van der Waals surface area contributed by atoms with E-state index in [4.69, 9.17) is 9.72 Å². The Bertz CT molecular complexity index is 1590. The van der Waals surface area contributed by atoms with E-state index in [0.717, 1.165) is 29.7 Å². The molecule has 1 aliphatic carbocycles. The summed E-state index contributed by atoms with van der Waals surface area (Å²) in [4.78, 5) is 35.2. The summed E-state index contributed by atoms with van der Waals surface area (Å²) in [5.41, 5.74) is 1.43. The summed E-state index contributed by atoms with van der Waals surface area (Å²) >= 11 is 0. The van der Waals surface area contributed by atoms with Gasteiger partial charge in [-0.1, -0.05) is 13.8 Å². The number of aryl methyl sites for hydroxylation is 2. The van der Waals surface area contributed by atoms with Gasteiger partial charge in [-0.15, -0.1) is 0 Å². The quantitative estimate of drug-likeness (QED) is 0.331. The van der Waals surface area contributed by atoms with E-state index in [0.29, 0.717) is 65.8 Å². The molecular formula is C27H32F3N9O2. The van der Waals surface area contributed by atoms with Crippen LogP contribution >= 0.6 is 0 Å². The van der Waals surface area contributed by atoms with E-state index < -0.39 is 17.9 Å². The fraction of sp³-hybridized carbons (Fsp3) is 0.519. The van der Waals surface area contributed by atoms with E-state index >= 15 is 0 Å². The van der Waals surface area contributed by atoms with Crippen LogP contribution in [0.25, 0.3) is 22.6 Å². The highest BCUT2D eigenvalue weighted by Gasteiger charge is 2.51. The molecule has 1 aliphatic rings. The number of ether oxygens (including phenoxy) is 1. The first kappa shape index (κ1) is 28.4. The van der Waals surface area contributed by atoms with E-state index in [1.54, 1.807) is 12.4 Å². The van der Waals surface area contributed by atoms with Crippen molar-refractivity contribution in [1.29, 1.82) is 0 Å². The Balaban J connectivity index is 1.44. The molecular weight excluding hydrogens is 539 g/mol. The predicted octanol–water partition coefficient (Wildman–Crippen LogP) is 5.23. The SMILES string of the molecule is CCn1c(-c2cnc(C)nc2)nc2c(NC3CCc4c(c(C(C)C)nn4C(=O)OC(C)(C)C(F)(F)F)C3)ncnc21. The molecule has 4 heterocycles. The number of imidazole rings is 1. The second-order valence-electron chi connectivity index (χ2n) is 10.9. The smallest absolute Gasteiger partial charge is 0.432 e. The lowest BCUT2D eigenvalue weighted by Crippen LogP contribution is -2.44. The van der Waals surface area contributed by atoms with Gasteiger partial charge in [-0.05, 0) is 58.4 Å². The van der Waals surface area contributed by atoms with Gasteiger partial charge in [0, 0.05) is 25.0 Å². The van der Waals surface area contributed by atoms with Crippen LogP contribution in [0, 0.1) is 6.92 Å². The molecule has 4 aromatic rings. The lowest BCUT2D eigenvalue weighted by molar-refractivity contribution is -0.244. The molecule has 1 N–H and O–H groups in total. The van der Waals surface area contributed by atoms with Crippen LogP contribution in [0.2, 0.25) is 0 Å². The number of hydrogen-bond acceptors (Lipinski definition) is 9. The fourth-order valence-electron chi connectivity index (χ4n) is 4.96. The number of nitrogens with zero attached hydrogens (tertiary/aromatic N) is 8. The monoisotopic (exact) mass is 571 g/mol. The normalized spacial score (nSPS) is 15.8. The lowest BCUT2D eigenvalue weighted by atomic mass is 9.89. The van der Waals surface area contributed by atoms with Crippen molar-refractivity contribution >= 4 is 23.1 Å². The average Bonchev–Trinajstić information content (AvgIpc) is 3.47.